The van der Waals surface area contributed by atoms with Crippen molar-refractivity contribution in [1.82, 2.24) is 15.6 Å². The van der Waals surface area contributed by atoms with Crippen LogP contribution >= 0.6 is 0 Å². The zero-order chi connectivity index (χ0) is 14.4. The van der Waals surface area contributed by atoms with Gasteiger partial charge >= 0.3 is 0 Å². The maximum atomic E-state index is 11.5. The van der Waals surface area contributed by atoms with Gasteiger partial charge in [0, 0.05) is 24.2 Å². The summed E-state index contributed by atoms with van der Waals surface area (Å²) in [6.45, 7) is 5.80. The summed E-state index contributed by atoms with van der Waals surface area (Å²) in [4.78, 5) is 15.9. The molecule has 1 heterocycles. The van der Waals surface area contributed by atoms with E-state index in [-0.39, 0.29) is 5.91 Å². The number of pyridine rings is 1. The van der Waals surface area contributed by atoms with E-state index in [0.717, 1.165) is 35.1 Å². The Morgan fingerprint density at radius 2 is 2.10 bits per heavy atom. The smallest absolute Gasteiger partial charge is 0.233 e. The fourth-order valence-corrected chi connectivity index (χ4v) is 2.03. The first-order valence-corrected chi connectivity index (χ1v) is 7.02. The number of hydrogen-bond donors (Lipinski definition) is 2. The number of amides is 1. The monoisotopic (exact) mass is 271 g/mol. The van der Waals surface area contributed by atoms with E-state index in [0.29, 0.717) is 13.1 Å². The van der Waals surface area contributed by atoms with Crippen LogP contribution in [0.4, 0.5) is 0 Å². The van der Waals surface area contributed by atoms with Gasteiger partial charge in [-0.2, -0.15) is 0 Å². The maximum absolute atomic E-state index is 11.5. The molecule has 1 amide bonds. The predicted octanol–water partition coefficient (Wildman–Crippen LogP) is 2.16. The van der Waals surface area contributed by atoms with E-state index >= 15 is 0 Å². The minimum Gasteiger partial charge on any atom is -0.355 e. The normalized spacial score (nSPS) is 10.7. The molecular formula is C16H21N3O. The molecule has 2 aromatic rings. The molecule has 0 atom stereocenters. The van der Waals surface area contributed by atoms with Crippen LogP contribution in [0.1, 0.15) is 24.6 Å². The van der Waals surface area contributed by atoms with Gasteiger partial charge in [-0.25, -0.2) is 0 Å². The minimum atomic E-state index is 0.0462. The van der Waals surface area contributed by atoms with Crippen molar-refractivity contribution in [3.05, 3.63) is 41.6 Å². The van der Waals surface area contributed by atoms with Crippen LogP contribution < -0.4 is 10.6 Å². The van der Waals surface area contributed by atoms with Gasteiger partial charge in [-0.05, 0) is 37.1 Å². The second-order valence-corrected chi connectivity index (χ2v) is 4.93. The number of nitrogens with zero attached hydrogens (tertiary/aromatic N) is 1. The van der Waals surface area contributed by atoms with E-state index in [1.807, 2.05) is 32.0 Å². The largest absolute Gasteiger partial charge is 0.355 e. The standard InChI is InChI=1S/C16H21N3O/c1-3-8-18-16(20)11-17-10-13-5-7-15-14(9-13)6-4-12(2)19-15/h4-7,9,17H,3,8,10-11H2,1-2H3,(H,18,20). The number of fused-ring (bicyclic) bond motifs is 1. The summed E-state index contributed by atoms with van der Waals surface area (Å²) in [5.74, 6) is 0.0462. The van der Waals surface area contributed by atoms with Crippen molar-refractivity contribution in [3.63, 3.8) is 0 Å². The quantitative estimate of drug-likeness (QED) is 0.846. The summed E-state index contributed by atoms with van der Waals surface area (Å²) in [6.07, 6.45) is 0.961. The Morgan fingerprint density at radius 1 is 1.25 bits per heavy atom. The molecule has 0 fully saturated rings. The molecule has 1 aromatic heterocycles. The van der Waals surface area contributed by atoms with Crippen molar-refractivity contribution in [2.24, 2.45) is 0 Å². The molecule has 2 N–H and O–H groups in total. The third kappa shape index (κ3) is 4.03. The van der Waals surface area contributed by atoms with Crippen molar-refractivity contribution in [2.75, 3.05) is 13.1 Å². The SMILES string of the molecule is CCCNC(=O)CNCc1ccc2nc(C)ccc2c1. The molecule has 4 nitrogen and oxygen atoms in total. The van der Waals surface area contributed by atoms with E-state index < -0.39 is 0 Å². The lowest BCUT2D eigenvalue weighted by Crippen LogP contribution is -2.33. The van der Waals surface area contributed by atoms with Gasteiger partial charge in [0.05, 0.1) is 12.1 Å². The van der Waals surface area contributed by atoms with Crippen LogP contribution in [-0.2, 0) is 11.3 Å². The van der Waals surface area contributed by atoms with Gasteiger partial charge in [0.15, 0.2) is 0 Å². The maximum Gasteiger partial charge on any atom is 0.233 e. The summed E-state index contributed by atoms with van der Waals surface area (Å²) in [6, 6.07) is 10.3. The Balaban J connectivity index is 1.90. The van der Waals surface area contributed by atoms with E-state index in [1.54, 1.807) is 0 Å². The molecular weight excluding hydrogens is 250 g/mol. The highest BCUT2D eigenvalue weighted by molar-refractivity contribution is 5.79. The molecule has 0 bridgehead atoms. The first-order valence-electron chi connectivity index (χ1n) is 7.02. The number of rotatable bonds is 6. The summed E-state index contributed by atoms with van der Waals surface area (Å²) in [7, 11) is 0. The van der Waals surface area contributed by atoms with Crippen LogP contribution in [0, 0.1) is 6.92 Å². The van der Waals surface area contributed by atoms with Gasteiger partial charge in [0.1, 0.15) is 0 Å². The molecule has 20 heavy (non-hydrogen) atoms. The number of carbonyl (C=O) groups excluding carboxylic acids is 1. The second kappa shape index (κ2) is 7.01. The van der Waals surface area contributed by atoms with Gasteiger partial charge in [0.2, 0.25) is 5.91 Å². The van der Waals surface area contributed by atoms with Crippen molar-refractivity contribution in [2.45, 2.75) is 26.8 Å². The molecule has 0 radical (unpaired) electrons. The molecule has 0 unspecified atom stereocenters. The lowest BCUT2D eigenvalue weighted by molar-refractivity contribution is -0.120. The van der Waals surface area contributed by atoms with Crippen LogP contribution in [0.25, 0.3) is 10.9 Å². The van der Waals surface area contributed by atoms with Gasteiger partial charge in [-0.3, -0.25) is 9.78 Å². The molecule has 106 valence electrons. The molecule has 0 aliphatic heterocycles. The number of aromatic nitrogens is 1. The highest BCUT2D eigenvalue weighted by atomic mass is 16.1. The van der Waals surface area contributed by atoms with Crippen molar-refractivity contribution in [3.8, 4) is 0 Å². The first-order chi connectivity index (χ1) is 9.69. The van der Waals surface area contributed by atoms with Crippen molar-refractivity contribution in [1.29, 1.82) is 0 Å². The van der Waals surface area contributed by atoms with E-state index in [4.69, 9.17) is 0 Å². The third-order valence-corrected chi connectivity index (χ3v) is 3.08. The molecule has 0 saturated carbocycles. The molecule has 4 heteroatoms. The Labute approximate surface area is 119 Å². The topological polar surface area (TPSA) is 54.0 Å². The van der Waals surface area contributed by atoms with Crippen LogP contribution in [0.3, 0.4) is 0 Å². The number of benzene rings is 1. The van der Waals surface area contributed by atoms with Crippen molar-refractivity contribution >= 4 is 16.8 Å². The fourth-order valence-electron chi connectivity index (χ4n) is 2.03. The van der Waals surface area contributed by atoms with Gasteiger partial charge in [-0.1, -0.05) is 19.1 Å². The summed E-state index contributed by atoms with van der Waals surface area (Å²) < 4.78 is 0. The molecule has 0 aliphatic carbocycles. The Bertz CT molecular complexity index is 595. The van der Waals surface area contributed by atoms with Gasteiger partial charge in [0.25, 0.3) is 0 Å². The lowest BCUT2D eigenvalue weighted by atomic mass is 10.1. The summed E-state index contributed by atoms with van der Waals surface area (Å²) >= 11 is 0. The number of hydrogen-bond acceptors (Lipinski definition) is 3. The van der Waals surface area contributed by atoms with Crippen molar-refractivity contribution < 1.29 is 4.79 Å². The number of carbonyl (C=O) groups is 1. The molecule has 0 spiro atoms. The second-order valence-electron chi connectivity index (χ2n) is 4.93. The third-order valence-electron chi connectivity index (χ3n) is 3.08. The molecule has 0 saturated heterocycles. The minimum absolute atomic E-state index is 0.0462. The fraction of sp³-hybridized carbons (Fsp3) is 0.375. The zero-order valence-electron chi connectivity index (χ0n) is 12.1. The number of nitrogens with one attached hydrogen (secondary N) is 2. The Morgan fingerprint density at radius 3 is 2.90 bits per heavy atom. The van der Waals surface area contributed by atoms with Crippen LogP contribution in [0.5, 0.6) is 0 Å². The van der Waals surface area contributed by atoms with E-state index in [1.165, 1.54) is 0 Å². The molecule has 1 aromatic carbocycles. The van der Waals surface area contributed by atoms with Gasteiger partial charge in [-0.15, -0.1) is 0 Å². The molecule has 0 aliphatic rings. The van der Waals surface area contributed by atoms with E-state index in [9.17, 15) is 4.79 Å². The summed E-state index contributed by atoms with van der Waals surface area (Å²) in [5.41, 5.74) is 3.19. The van der Waals surface area contributed by atoms with E-state index in [2.05, 4.69) is 27.8 Å². The van der Waals surface area contributed by atoms with Gasteiger partial charge < -0.3 is 10.6 Å². The van der Waals surface area contributed by atoms with Crippen LogP contribution in [0.15, 0.2) is 30.3 Å². The van der Waals surface area contributed by atoms with Crippen LogP contribution in [-0.4, -0.2) is 24.0 Å². The Hall–Kier alpha value is -1.94. The molecule has 2 rings (SSSR count). The highest BCUT2D eigenvalue weighted by Gasteiger charge is 2.01. The first kappa shape index (κ1) is 14.5. The zero-order valence-corrected chi connectivity index (χ0v) is 12.1. The average Bonchev–Trinajstić information content (AvgIpc) is 2.45. The summed E-state index contributed by atoms with van der Waals surface area (Å²) in [5, 5.41) is 7.13. The highest BCUT2D eigenvalue weighted by Crippen LogP contribution is 2.14. The Kier molecular flexibility index (Phi) is 5.07. The predicted molar refractivity (Wildman–Crippen MR) is 81.5 cm³/mol. The average molecular weight is 271 g/mol. The lowest BCUT2D eigenvalue weighted by Gasteiger charge is -2.07. The van der Waals surface area contributed by atoms with Crippen LogP contribution in [0.2, 0.25) is 0 Å². The number of aryl methyl sites for hydroxylation is 1.